The zero-order chi connectivity index (χ0) is 18.1. The minimum Gasteiger partial charge on any atom is -0.311 e. The minimum atomic E-state index is -0.468. The van der Waals surface area contributed by atoms with Crippen LogP contribution in [0.25, 0.3) is 0 Å². The Balaban J connectivity index is 2.33. The van der Waals surface area contributed by atoms with Gasteiger partial charge < -0.3 is 4.90 Å². The molecule has 0 aliphatic carbocycles. The molecule has 0 spiro atoms. The van der Waals surface area contributed by atoms with E-state index in [0.29, 0.717) is 11.1 Å². The Bertz CT molecular complexity index is 774. The maximum Gasteiger partial charge on any atom is 0.273 e. The van der Waals surface area contributed by atoms with E-state index >= 15 is 0 Å². The van der Waals surface area contributed by atoms with Crippen LogP contribution in [0.15, 0.2) is 42.5 Å². The Morgan fingerprint density at radius 2 is 1.67 bits per heavy atom. The molecule has 0 bridgehead atoms. The van der Waals surface area contributed by atoms with E-state index in [1.165, 1.54) is 22.6 Å². The number of benzene rings is 2. The van der Waals surface area contributed by atoms with Crippen molar-refractivity contribution in [2.24, 2.45) is 0 Å². The second kappa shape index (κ2) is 6.43. The first-order chi connectivity index (χ1) is 11.1. The largest absolute Gasteiger partial charge is 0.311 e. The molecular formula is C19H22N2O3. The average molecular weight is 326 g/mol. The number of carbonyl (C=O) groups excluding carboxylic acids is 1. The summed E-state index contributed by atoms with van der Waals surface area (Å²) in [5.74, 6) is -0.264. The zero-order valence-electron chi connectivity index (χ0n) is 14.7. The molecular weight excluding hydrogens is 304 g/mol. The molecule has 0 atom stereocenters. The van der Waals surface area contributed by atoms with Gasteiger partial charge in [0.25, 0.3) is 11.6 Å². The number of anilines is 1. The van der Waals surface area contributed by atoms with E-state index in [2.05, 4.69) is 20.8 Å². The fourth-order valence-corrected chi connectivity index (χ4v) is 2.54. The number of hydrogen-bond donors (Lipinski definition) is 0. The van der Waals surface area contributed by atoms with Gasteiger partial charge in [0.1, 0.15) is 0 Å². The molecule has 1 amide bonds. The number of rotatable bonds is 3. The molecule has 5 nitrogen and oxygen atoms in total. The predicted octanol–water partition coefficient (Wildman–Crippen LogP) is 4.48. The topological polar surface area (TPSA) is 63.5 Å². The summed E-state index contributed by atoms with van der Waals surface area (Å²) in [5, 5.41) is 11.0. The van der Waals surface area contributed by atoms with Crippen molar-refractivity contribution in [3.05, 3.63) is 69.3 Å². The summed E-state index contributed by atoms with van der Waals surface area (Å²) < 4.78 is 0. The molecule has 0 aliphatic rings. The standard InChI is InChI=1S/C19H22N2O3/c1-13-16(7-6-8-17(13)21(23)24)18(22)20(5)15-11-9-14(10-12-15)19(2,3)4/h6-12H,1-5H3. The van der Waals surface area contributed by atoms with Crippen molar-refractivity contribution in [2.75, 3.05) is 11.9 Å². The lowest BCUT2D eigenvalue weighted by molar-refractivity contribution is -0.385. The first-order valence-corrected chi connectivity index (χ1v) is 7.75. The molecule has 24 heavy (non-hydrogen) atoms. The van der Waals surface area contributed by atoms with Crippen molar-refractivity contribution in [3.63, 3.8) is 0 Å². The number of amides is 1. The molecule has 2 aromatic carbocycles. The van der Waals surface area contributed by atoms with E-state index in [1.54, 1.807) is 20.0 Å². The summed E-state index contributed by atoms with van der Waals surface area (Å²) in [6.07, 6.45) is 0. The molecule has 5 heteroatoms. The van der Waals surface area contributed by atoms with Gasteiger partial charge in [-0.2, -0.15) is 0 Å². The van der Waals surface area contributed by atoms with Gasteiger partial charge in [-0.15, -0.1) is 0 Å². The Labute approximate surface area is 142 Å². The fourth-order valence-electron chi connectivity index (χ4n) is 2.54. The second-order valence-corrected chi connectivity index (χ2v) is 6.87. The van der Waals surface area contributed by atoms with Crippen molar-refractivity contribution >= 4 is 17.3 Å². The summed E-state index contributed by atoms with van der Waals surface area (Å²) in [7, 11) is 1.67. The molecule has 2 rings (SSSR count). The van der Waals surface area contributed by atoms with Crippen molar-refractivity contribution in [1.82, 2.24) is 0 Å². The van der Waals surface area contributed by atoms with Gasteiger partial charge >= 0.3 is 0 Å². The summed E-state index contributed by atoms with van der Waals surface area (Å²) in [5.41, 5.74) is 2.64. The van der Waals surface area contributed by atoms with Gasteiger partial charge in [-0.05, 0) is 36.1 Å². The average Bonchev–Trinajstić information content (AvgIpc) is 2.52. The lowest BCUT2D eigenvalue weighted by atomic mass is 9.87. The van der Waals surface area contributed by atoms with Gasteiger partial charge in [-0.1, -0.05) is 39.0 Å². The van der Waals surface area contributed by atoms with E-state index < -0.39 is 4.92 Å². The molecule has 0 heterocycles. The zero-order valence-corrected chi connectivity index (χ0v) is 14.7. The molecule has 0 aliphatic heterocycles. The lowest BCUT2D eigenvalue weighted by Crippen LogP contribution is -2.27. The van der Waals surface area contributed by atoms with Crippen LogP contribution in [-0.4, -0.2) is 17.9 Å². The third-order valence-corrected chi connectivity index (χ3v) is 4.16. The molecule has 0 saturated carbocycles. The highest BCUT2D eigenvalue weighted by Gasteiger charge is 2.21. The van der Waals surface area contributed by atoms with Crippen LogP contribution in [0.3, 0.4) is 0 Å². The lowest BCUT2D eigenvalue weighted by Gasteiger charge is -2.22. The monoisotopic (exact) mass is 326 g/mol. The SMILES string of the molecule is Cc1c(C(=O)N(C)c2ccc(C(C)(C)C)cc2)cccc1[N+](=O)[O-]. The van der Waals surface area contributed by atoms with E-state index in [1.807, 2.05) is 24.3 Å². The van der Waals surface area contributed by atoms with E-state index in [0.717, 1.165) is 5.69 Å². The highest BCUT2D eigenvalue weighted by Crippen LogP contribution is 2.27. The van der Waals surface area contributed by atoms with Crippen LogP contribution in [0, 0.1) is 17.0 Å². The summed E-state index contributed by atoms with van der Waals surface area (Å²) >= 11 is 0. The summed E-state index contributed by atoms with van der Waals surface area (Å²) in [6.45, 7) is 7.98. The van der Waals surface area contributed by atoms with Crippen LogP contribution >= 0.6 is 0 Å². The van der Waals surface area contributed by atoms with Crippen LogP contribution in [0.1, 0.15) is 42.3 Å². The van der Waals surface area contributed by atoms with Crippen molar-refractivity contribution in [2.45, 2.75) is 33.1 Å². The van der Waals surface area contributed by atoms with Crippen molar-refractivity contribution < 1.29 is 9.72 Å². The van der Waals surface area contributed by atoms with Crippen LogP contribution < -0.4 is 4.90 Å². The number of nitrogens with zero attached hydrogens (tertiary/aromatic N) is 2. The molecule has 0 N–H and O–H groups in total. The van der Waals surface area contributed by atoms with Gasteiger partial charge in [0, 0.05) is 29.9 Å². The third-order valence-electron chi connectivity index (χ3n) is 4.16. The number of hydrogen-bond acceptors (Lipinski definition) is 3. The fraction of sp³-hybridized carbons (Fsp3) is 0.316. The maximum absolute atomic E-state index is 12.7. The number of nitro benzene ring substituents is 1. The molecule has 0 fully saturated rings. The quantitative estimate of drug-likeness (QED) is 0.617. The molecule has 0 unspecified atom stereocenters. The van der Waals surface area contributed by atoms with Crippen molar-refractivity contribution in [1.29, 1.82) is 0 Å². The first-order valence-electron chi connectivity index (χ1n) is 7.75. The van der Waals surface area contributed by atoms with E-state index in [4.69, 9.17) is 0 Å². The van der Waals surface area contributed by atoms with Gasteiger partial charge in [0.05, 0.1) is 4.92 Å². The van der Waals surface area contributed by atoms with Crippen LogP contribution in [0.5, 0.6) is 0 Å². The smallest absolute Gasteiger partial charge is 0.273 e. The highest BCUT2D eigenvalue weighted by atomic mass is 16.6. The molecule has 126 valence electrons. The van der Waals surface area contributed by atoms with Crippen LogP contribution in [-0.2, 0) is 5.41 Å². The Morgan fingerprint density at radius 1 is 1.08 bits per heavy atom. The van der Waals surface area contributed by atoms with E-state index in [-0.39, 0.29) is 17.0 Å². The number of carbonyl (C=O) groups is 1. The molecule has 2 aromatic rings. The van der Waals surface area contributed by atoms with Gasteiger partial charge in [0.15, 0.2) is 0 Å². The van der Waals surface area contributed by atoms with Gasteiger partial charge in [-0.25, -0.2) is 0 Å². The Morgan fingerprint density at radius 3 is 2.17 bits per heavy atom. The van der Waals surface area contributed by atoms with Gasteiger partial charge in [0.2, 0.25) is 0 Å². The summed E-state index contributed by atoms with van der Waals surface area (Å²) in [4.78, 5) is 24.8. The first kappa shape index (κ1) is 17.7. The predicted molar refractivity (Wildman–Crippen MR) is 95.7 cm³/mol. The maximum atomic E-state index is 12.7. The Kier molecular flexibility index (Phi) is 4.73. The summed E-state index contributed by atoms with van der Waals surface area (Å²) in [6, 6.07) is 12.3. The highest BCUT2D eigenvalue weighted by molar-refractivity contribution is 6.07. The van der Waals surface area contributed by atoms with Crippen molar-refractivity contribution in [3.8, 4) is 0 Å². The van der Waals surface area contributed by atoms with Gasteiger partial charge in [-0.3, -0.25) is 14.9 Å². The van der Waals surface area contributed by atoms with E-state index in [9.17, 15) is 14.9 Å². The Hall–Kier alpha value is -2.69. The normalized spacial score (nSPS) is 11.2. The van der Waals surface area contributed by atoms with Crippen LogP contribution in [0.2, 0.25) is 0 Å². The third kappa shape index (κ3) is 3.45. The molecule has 0 saturated heterocycles. The molecule has 0 radical (unpaired) electrons. The second-order valence-electron chi connectivity index (χ2n) is 6.87. The minimum absolute atomic E-state index is 0.0394. The number of nitro groups is 1. The molecule has 0 aromatic heterocycles. The van der Waals surface area contributed by atoms with Crippen LogP contribution in [0.4, 0.5) is 11.4 Å².